The number of rotatable bonds is 4. The highest BCUT2D eigenvalue weighted by Crippen LogP contribution is 2.25. The summed E-state index contributed by atoms with van der Waals surface area (Å²) in [7, 11) is -3.34. The first-order chi connectivity index (χ1) is 8.49. The standard InChI is InChI=1S/C12H24N2O3S/c1-10-4-2-3-7-14(10)18(16,17)13-9-11-5-6-12(15)8-11/h10-13,15H,2-9H2,1H3. The van der Waals surface area contributed by atoms with E-state index in [1.54, 1.807) is 4.31 Å². The molecule has 0 aromatic heterocycles. The molecule has 1 saturated carbocycles. The Morgan fingerprint density at radius 2 is 2.06 bits per heavy atom. The number of aliphatic hydroxyl groups is 1. The van der Waals surface area contributed by atoms with E-state index in [2.05, 4.69) is 4.72 Å². The van der Waals surface area contributed by atoms with E-state index >= 15 is 0 Å². The molecule has 0 radical (unpaired) electrons. The lowest BCUT2D eigenvalue weighted by Gasteiger charge is -2.32. The van der Waals surface area contributed by atoms with Crippen LogP contribution >= 0.6 is 0 Å². The first-order valence-corrected chi connectivity index (χ1v) is 8.37. The molecule has 2 N–H and O–H groups in total. The minimum Gasteiger partial charge on any atom is -0.393 e. The van der Waals surface area contributed by atoms with Crippen LogP contribution in [-0.2, 0) is 10.2 Å². The monoisotopic (exact) mass is 276 g/mol. The summed E-state index contributed by atoms with van der Waals surface area (Å²) in [6.07, 6.45) is 5.20. The zero-order chi connectivity index (χ0) is 13.2. The Hall–Kier alpha value is -0.170. The van der Waals surface area contributed by atoms with Crippen molar-refractivity contribution in [3.05, 3.63) is 0 Å². The molecule has 2 aliphatic rings. The van der Waals surface area contributed by atoms with Crippen molar-refractivity contribution in [3.8, 4) is 0 Å². The van der Waals surface area contributed by atoms with Gasteiger partial charge in [0.25, 0.3) is 10.2 Å². The Morgan fingerprint density at radius 3 is 2.67 bits per heavy atom. The highest BCUT2D eigenvalue weighted by Gasteiger charge is 2.31. The van der Waals surface area contributed by atoms with Gasteiger partial charge in [-0.25, -0.2) is 4.72 Å². The molecule has 1 aliphatic heterocycles. The van der Waals surface area contributed by atoms with Gasteiger partial charge in [0.1, 0.15) is 0 Å². The summed E-state index contributed by atoms with van der Waals surface area (Å²) < 4.78 is 28.7. The number of hydrogen-bond acceptors (Lipinski definition) is 3. The largest absolute Gasteiger partial charge is 0.393 e. The average Bonchev–Trinajstić information content (AvgIpc) is 2.73. The molecule has 1 aliphatic carbocycles. The molecule has 2 rings (SSSR count). The molecule has 3 atom stereocenters. The van der Waals surface area contributed by atoms with Crippen molar-refractivity contribution in [3.63, 3.8) is 0 Å². The predicted molar refractivity (Wildman–Crippen MR) is 70.3 cm³/mol. The summed E-state index contributed by atoms with van der Waals surface area (Å²) in [5, 5.41) is 9.43. The molecule has 18 heavy (non-hydrogen) atoms. The molecule has 0 aromatic rings. The molecule has 0 aromatic carbocycles. The smallest absolute Gasteiger partial charge is 0.279 e. The third-order valence-electron chi connectivity index (χ3n) is 4.12. The van der Waals surface area contributed by atoms with Crippen molar-refractivity contribution in [1.82, 2.24) is 9.03 Å². The quantitative estimate of drug-likeness (QED) is 0.800. The Balaban J connectivity index is 1.86. The fourth-order valence-corrected chi connectivity index (χ4v) is 4.53. The van der Waals surface area contributed by atoms with Gasteiger partial charge < -0.3 is 5.11 Å². The van der Waals surface area contributed by atoms with E-state index in [1.807, 2.05) is 6.92 Å². The van der Waals surface area contributed by atoms with Crippen LogP contribution in [0.25, 0.3) is 0 Å². The predicted octanol–water partition coefficient (Wildman–Crippen LogP) is 0.856. The Kier molecular flexibility index (Phi) is 4.64. The summed E-state index contributed by atoms with van der Waals surface area (Å²) in [6.45, 7) is 3.06. The van der Waals surface area contributed by atoms with Crippen LogP contribution in [0.4, 0.5) is 0 Å². The Bertz CT molecular complexity index is 372. The van der Waals surface area contributed by atoms with Crippen molar-refractivity contribution in [1.29, 1.82) is 0 Å². The van der Waals surface area contributed by atoms with Crippen molar-refractivity contribution in [2.75, 3.05) is 13.1 Å². The van der Waals surface area contributed by atoms with Crippen molar-refractivity contribution in [2.45, 2.75) is 57.6 Å². The van der Waals surface area contributed by atoms with Gasteiger partial charge in [-0.1, -0.05) is 6.42 Å². The molecule has 1 heterocycles. The molecular formula is C12H24N2O3S. The second-order valence-electron chi connectivity index (χ2n) is 5.64. The lowest BCUT2D eigenvalue weighted by molar-refractivity contribution is 0.177. The maximum atomic E-state index is 12.2. The van der Waals surface area contributed by atoms with Crippen LogP contribution in [0.3, 0.4) is 0 Å². The van der Waals surface area contributed by atoms with Gasteiger partial charge in [-0.3, -0.25) is 0 Å². The number of piperidine rings is 1. The first-order valence-electron chi connectivity index (χ1n) is 6.93. The number of hydrogen-bond donors (Lipinski definition) is 2. The summed E-state index contributed by atoms with van der Waals surface area (Å²) in [5.74, 6) is 0.287. The van der Waals surface area contributed by atoms with Crippen LogP contribution in [-0.4, -0.2) is 43.1 Å². The highest BCUT2D eigenvalue weighted by atomic mass is 32.2. The topological polar surface area (TPSA) is 69.6 Å². The van der Waals surface area contributed by atoms with E-state index in [0.29, 0.717) is 13.1 Å². The van der Waals surface area contributed by atoms with Gasteiger partial charge in [-0.2, -0.15) is 12.7 Å². The molecule has 2 fully saturated rings. The van der Waals surface area contributed by atoms with E-state index in [0.717, 1.165) is 38.5 Å². The molecule has 106 valence electrons. The third kappa shape index (κ3) is 3.44. The van der Waals surface area contributed by atoms with E-state index in [4.69, 9.17) is 0 Å². The van der Waals surface area contributed by atoms with Crippen molar-refractivity contribution in [2.24, 2.45) is 5.92 Å². The fraction of sp³-hybridized carbons (Fsp3) is 1.00. The van der Waals surface area contributed by atoms with Crippen LogP contribution < -0.4 is 4.72 Å². The normalized spacial score (nSPS) is 34.9. The second-order valence-corrected chi connectivity index (χ2v) is 7.35. The van der Waals surface area contributed by atoms with Gasteiger partial charge in [-0.15, -0.1) is 0 Å². The highest BCUT2D eigenvalue weighted by molar-refractivity contribution is 7.87. The molecular weight excluding hydrogens is 252 g/mol. The molecule has 0 spiro atoms. The van der Waals surface area contributed by atoms with E-state index in [9.17, 15) is 13.5 Å². The summed E-state index contributed by atoms with van der Waals surface area (Å²) in [4.78, 5) is 0. The minimum absolute atomic E-state index is 0.102. The van der Waals surface area contributed by atoms with Gasteiger partial charge in [0.15, 0.2) is 0 Å². The maximum Gasteiger partial charge on any atom is 0.279 e. The summed E-state index contributed by atoms with van der Waals surface area (Å²) in [5.41, 5.74) is 0. The maximum absolute atomic E-state index is 12.2. The Labute approximate surface area is 110 Å². The number of nitrogens with zero attached hydrogens (tertiary/aromatic N) is 1. The third-order valence-corrected chi connectivity index (χ3v) is 5.81. The van der Waals surface area contributed by atoms with Gasteiger partial charge in [0, 0.05) is 19.1 Å². The zero-order valence-electron chi connectivity index (χ0n) is 11.0. The molecule has 3 unspecified atom stereocenters. The molecule has 6 heteroatoms. The summed E-state index contributed by atoms with van der Waals surface area (Å²) in [6, 6.07) is 0.102. The molecule has 1 saturated heterocycles. The van der Waals surface area contributed by atoms with Gasteiger partial charge >= 0.3 is 0 Å². The van der Waals surface area contributed by atoms with Gasteiger partial charge in [0.05, 0.1) is 6.10 Å². The second kappa shape index (κ2) is 5.86. The molecule has 0 amide bonds. The van der Waals surface area contributed by atoms with Gasteiger partial charge in [0.2, 0.25) is 0 Å². The Morgan fingerprint density at radius 1 is 1.28 bits per heavy atom. The minimum atomic E-state index is -3.34. The zero-order valence-corrected chi connectivity index (χ0v) is 11.8. The lowest BCUT2D eigenvalue weighted by atomic mass is 10.1. The average molecular weight is 276 g/mol. The van der Waals surface area contributed by atoms with Crippen molar-refractivity contribution >= 4 is 10.2 Å². The SMILES string of the molecule is CC1CCCCN1S(=O)(=O)NCC1CCC(O)C1. The van der Waals surface area contributed by atoms with Crippen LogP contribution in [0.1, 0.15) is 45.4 Å². The molecule has 5 nitrogen and oxygen atoms in total. The number of nitrogens with one attached hydrogen (secondary N) is 1. The first kappa shape index (κ1) is 14.2. The van der Waals surface area contributed by atoms with Crippen LogP contribution in [0.15, 0.2) is 0 Å². The number of aliphatic hydroxyl groups excluding tert-OH is 1. The van der Waals surface area contributed by atoms with Gasteiger partial charge in [-0.05, 0) is 44.9 Å². The van der Waals surface area contributed by atoms with Crippen LogP contribution in [0, 0.1) is 5.92 Å². The van der Waals surface area contributed by atoms with Crippen LogP contribution in [0.5, 0.6) is 0 Å². The molecule has 0 bridgehead atoms. The van der Waals surface area contributed by atoms with Crippen molar-refractivity contribution < 1.29 is 13.5 Å². The lowest BCUT2D eigenvalue weighted by Crippen LogP contribution is -2.48. The fourth-order valence-electron chi connectivity index (χ4n) is 2.97. The van der Waals surface area contributed by atoms with E-state index in [1.165, 1.54) is 0 Å². The van der Waals surface area contributed by atoms with Crippen LogP contribution in [0.2, 0.25) is 0 Å². The van der Waals surface area contributed by atoms with E-state index < -0.39 is 10.2 Å². The van der Waals surface area contributed by atoms with E-state index in [-0.39, 0.29) is 18.1 Å². The summed E-state index contributed by atoms with van der Waals surface area (Å²) >= 11 is 0.